The van der Waals surface area contributed by atoms with Crippen LogP contribution in [0.15, 0.2) is 97.1 Å². The fourth-order valence-electron chi connectivity index (χ4n) is 7.40. The van der Waals surface area contributed by atoms with Crippen molar-refractivity contribution in [2.75, 3.05) is 5.32 Å². The van der Waals surface area contributed by atoms with Crippen molar-refractivity contribution in [1.29, 1.82) is 0 Å². The van der Waals surface area contributed by atoms with Gasteiger partial charge in [0.05, 0.1) is 5.56 Å². The van der Waals surface area contributed by atoms with Crippen LogP contribution >= 0.6 is 0 Å². The van der Waals surface area contributed by atoms with Gasteiger partial charge < -0.3 is 14.8 Å². The van der Waals surface area contributed by atoms with Gasteiger partial charge in [-0.25, -0.2) is 4.79 Å². The van der Waals surface area contributed by atoms with Crippen molar-refractivity contribution in [2.45, 2.75) is 102 Å². The minimum Gasteiger partial charge on any atom is -0.459 e. The summed E-state index contributed by atoms with van der Waals surface area (Å²) in [5.41, 5.74) is 5.55. The van der Waals surface area contributed by atoms with Crippen LogP contribution in [0.25, 0.3) is 0 Å². The van der Waals surface area contributed by atoms with Gasteiger partial charge in [0.1, 0.15) is 17.6 Å². The highest BCUT2D eigenvalue weighted by atomic mass is 16.5. The molecule has 1 saturated carbocycles. The van der Waals surface area contributed by atoms with Gasteiger partial charge in [0.2, 0.25) is 5.91 Å². The molecule has 2 aliphatic rings. The van der Waals surface area contributed by atoms with E-state index in [-0.39, 0.29) is 29.3 Å². The Hall–Kier alpha value is -4.38. The molecule has 1 unspecified atom stereocenters. The second-order valence-corrected chi connectivity index (χ2v) is 14.6. The zero-order valence-corrected chi connectivity index (χ0v) is 28.7. The maximum absolute atomic E-state index is 13.8. The van der Waals surface area contributed by atoms with Gasteiger partial charge in [0.25, 0.3) is 0 Å². The molecule has 1 aliphatic heterocycles. The van der Waals surface area contributed by atoms with E-state index in [1.165, 1.54) is 32.1 Å². The predicted molar refractivity (Wildman–Crippen MR) is 193 cm³/mol. The summed E-state index contributed by atoms with van der Waals surface area (Å²) in [4.78, 5) is 26.9. The third-order valence-corrected chi connectivity index (χ3v) is 10.0. The number of aryl methyl sites for hydroxylation is 1. The smallest absolute Gasteiger partial charge is 0.338 e. The van der Waals surface area contributed by atoms with Crippen LogP contribution in [-0.4, -0.2) is 18.0 Å². The Morgan fingerprint density at radius 3 is 2.12 bits per heavy atom. The fraction of sp³-hybridized carbons (Fsp3) is 0.395. The third kappa shape index (κ3) is 8.36. The molecule has 0 aromatic heterocycles. The average Bonchev–Trinajstić information content (AvgIpc) is 3.09. The molecule has 0 spiro atoms. The first-order valence-corrected chi connectivity index (χ1v) is 17.8. The number of anilines is 1. The molecule has 0 bridgehead atoms. The number of hydrogen-bond donors (Lipinski definition) is 1. The lowest BCUT2D eigenvalue weighted by Crippen LogP contribution is -2.22. The van der Waals surface area contributed by atoms with Crippen molar-refractivity contribution in [3.05, 3.63) is 125 Å². The molecule has 48 heavy (non-hydrogen) atoms. The van der Waals surface area contributed by atoms with Gasteiger partial charge >= 0.3 is 5.97 Å². The summed E-state index contributed by atoms with van der Waals surface area (Å²) in [7, 11) is 0. The second kappa shape index (κ2) is 15.2. The van der Waals surface area contributed by atoms with E-state index in [9.17, 15) is 9.59 Å². The van der Waals surface area contributed by atoms with Gasteiger partial charge in [-0.05, 0) is 78.5 Å². The van der Waals surface area contributed by atoms with E-state index in [1.54, 1.807) is 0 Å². The van der Waals surface area contributed by atoms with E-state index in [2.05, 4.69) is 56.4 Å². The Labute approximate surface area is 286 Å². The van der Waals surface area contributed by atoms with Crippen LogP contribution in [0.1, 0.15) is 117 Å². The molecular weight excluding hydrogens is 594 g/mol. The Morgan fingerprint density at radius 1 is 0.812 bits per heavy atom. The third-order valence-electron chi connectivity index (χ3n) is 10.0. The lowest BCUT2D eigenvalue weighted by molar-refractivity contribution is -0.116. The predicted octanol–water partition coefficient (Wildman–Crippen LogP) is 10.8. The number of carbonyl (C=O) groups is 2. The average molecular weight is 644 g/mol. The number of amides is 1. The van der Waals surface area contributed by atoms with Crippen molar-refractivity contribution < 1.29 is 19.1 Å². The van der Waals surface area contributed by atoms with Gasteiger partial charge in [-0.3, -0.25) is 4.79 Å². The summed E-state index contributed by atoms with van der Waals surface area (Å²) in [6.45, 7) is 6.52. The maximum atomic E-state index is 13.8. The number of ether oxygens (including phenoxy) is 2. The van der Waals surface area contributed by atoms with Crippen LogP contribution in [0.2, 0.25) is 0 Å². The monoisotopic (exact) mass is 643 g/mol. The largest absolute Gasteiger partial charge is 0.459 e. The number of nitrogens with one attached hydrogen (secondary N) is 1. The van der Waals surface area contributed by atoms with E-state index in [4.69, 9.17) is 9.47 Å². The summed E-state index contributed by atoms with van der Waals surface area (Å²) < 4.78 is 12.3. The number of rotatable bonds is 11. The first-order chi connectivity index (χ1) is 23.2. The van der Waals surface area contributed by atoms with Crippen LogP contribution in [0.4, 0.5) is 5.69 Å². The highest BCUT2D eigenvalue weighted by Gasteiger charge is 2.29. The summed E-state index contributed by atoms with van der Waals surface area (Å²) in [5.74, 6) is 1.94. The number of benzene rings is 4. The van der Waals surface area contributed by atoms with Crippen LogP contribution in [0.5, 0.6) is 11.5 Å². The van der Waals surface area contributed by atoms with Gasteiger partial charge in [0.15, 0.2) is 0 Å². The molecule has 5 nitrogen and oxygen atoms in total. The SMILES string of the molecule is CC(C)(C)c1ccc(CCC(CCC2CCCCC2)OC(=O)c2ccccc2)cc1NC(=O)CC1c2ccccc2Oc2ccccc21. The van der Waals surface area contributed by atoms with Crippen molar-refractivity contribution in [2.24, 2.45) is 5.92 Å². The highest BCUT2D eigenvalue weighted by Crippen LogP contribution is 2.45. The Bertz CT molecular complexity index is 1650. The first-order valence-electron chi connectivity index (χ1n) is 17.8. The molecule has 1 fully saturated rings. The molecule has 1 amide bonds. The van der Waals surface area contributed by atoms with Crippen LogP contribution in [-0.2, 0) is 21.4 Å². The minimum atomic E-state index is -0.253. The molecular formula is C43H49NO4. The summed E-state index contributed by atoms with van der Waals surface area (Å²) in [6.07, 6.45) is 10.1. The van der Waals surface area contributed by atoms with E-state index < -0.39 is 0 Å². The lowest BCUT2D eigenvalue weighted by Gasteiger charge is -2.28. The van der Waals surface area contributed by atoms with Gasteiger partial charge in [-0.1, -0.05) is 120 Å². The van der Waals surface area contributed by atoms with E-state index >= 15 is 0 Å². The van der Waals surface area contributed by atoms with Gasteiger partial charge in [0, 0.05) is 29.2 Å². The number of esters is 1. The zero-order chi connectivity index (χ0) is 33.5. The van der Waals surface area contributed by atoms with Crippen molar-refractivity contribution in [3.63, 3.8) is 0 Å². The van der Waals surface area contributed by atoms with E-state index in [0.29, 0.717) is 12.0 Å². The number of hydrogen-bond acceptors (Lipinski definition) is 4. The Kier molecular flexibility index (Phi) is 10.6. The highest BCUT2D eigenvalue weighted by molar-refractivity contribution is 5.93. The van der Waals surface area contributed by atoms with Crippen LogP contribution in [0.3, 0.4) is 0 Å². The molecule has 4 aromatic rings. The molecule has 1 N–H and O–H groups in total. The van der Waals surface area contributed by atoms with Crippen molar-refractivity contribution >= 4 is 17.6 Å². The topological polar surface area (TPSA) is 64.6 Å². The summed E-state index contributed by atoms with van der Waals surface area (Å²) >= 11 is 0. The second-order valence-electron chi connectivity index (χ2n) is 14.6. The zero-order valence-electron chi connectivity index (χ0n) is 28.7. The molecule has 0 radical (unpaired) electrons. The van der Waals surface area contributed by atoms with Crippen molar-refractivity contribution in [3.8, 4) is 11.5 Å². The molecule has 1 heterocycles. The van der Waals surface area contributed by atoms with Crippen LogP contribution < -0.4 is 10.1 Å². The lowest BCUT2D eigenvalue weighted by atomic mass is 9.83. The minimum absolute atomic E-state index is 0.0312. The first kappa shape index (κ1) is 33.5. The normalized spacial score (nSPS) is 15.5. The van der Waals surface area contributed by atoms with Gasteiger partial charge in [-0.2, -0.15) is 0 Å². The molecule has 4 aromatic carbocycles. The Balaban J connectivity index is 1.18. The number of carbonyl (C=O) groups excluding carboxylic acids is 2. The van der Waals surface area contributed by atoms with E-state index in [0.717, 1.165) is 71.0 Å². The van der Waals surface area contributed by atoms with Gasteiger partial charge in [-0.15, -0.1) is 0 Å². The quantitative estimate of drug-likeness (QED) is 0.165. The molecule has 1 atom stereocenters. The molecule has 0 saturated heterocycles. The van der Waals surface area contributed by atoms with Crippen molar-refractivity contribution in [1.82, 2.24) is 0 Å². The molecule has 1 aliphatic carbocycles. The molecule has 250 valence electrons. The summed E-state index contributed by atoms with van der Waals surface area (Å²) in [5, 5.41) is 3.31. The standard InChI is InChI=1S/C43H49NO4/c1-43(2,3)37-27-24-31(23-26-33(25-22-30-14-6-4-7-15-30)47-42(46)32-16-8-5-9-17-32)28-38(37)44-41(45)29-36-34-18-10-12-20-39(34)48-40-21-13-11-19-35(36)40/h5,8-13,16-21,24,27-28,30,33,36H,4,6-7,14-15,22-23,25-26,29H2,1-3H3,(H,44,45). The molecule has 5 heteroatoms. The number of para-hydroxylation sites is 2. The maximum Gasteiger partial charge on any atom is 0.338 e. The fourth-order valence-corrected chi connectivity index (χ4v) is 7.40. The summed E-state index contributed by atoms with van der Waals surface area (Å²) in [6, 6.07) is 31.7. The Morgan fingerprint density at radius 2 is 1.46 bits per heavy atom. The van der Waals surface area contributed by atoms with Crippen LogP contribution in [0, 0.1) is 5.92 Å². The molecule has 6 rings (SSSR count). The number of fused-ring (bicyclic) bond motifs is 2. The van der Waals surface area contributed by atoms with E-state index in [1.807, 2.05) is 66.7 Å².